The molecule has 5 heteroatoms. The predicted octanol–water partition coefficient (Wildman–Crippen LogP) is 5.08. The smallest absolute Gasteiger partial charge is 0.257 e. The summed E-state index contributed by atoms with van der Waals surface area (Å²) in [6.07, 6.45) is 1.62. The highest BCUT2D eigenvalue weighted by atomic mass is 35.5. The van der Waals surface area contributed by atoms with Crippen molar-refractivity contribution in [3.05, 3.63) is 106 Å². The summed E-state index contributed by atoms with van der Waals surface area (Å²) in [5.74, 6) is 0.00947. The SMILES string of the molecule is O=C(CN1CCc2ccccc2C1)N1N=C(c2ccccc2)C[C@@H]1c1ccccc1Cl. The van der Waals surface area contributed by atoms with Crippen molar-refractivity contribution in [3.8, 4) is 0 Å². The van der Waals surface area contributed by atoms with Crippen molar-refractivity contribution in [1.29, 1.82) is 0 Å². The molecule has 0 aromatic heterocycles. The molecular formula is C26H24ClN3O. The van der Waals surface area contributed by atoms with Crippen LogP contribution in [0.15, 0.2) is 84.0 Å². The summed E-state index contributed by atoms with van der Waals surface area (Å²) in [7, 11) is 0. The Kier molecular flexibility index (Phi) is 5.58. The molecule has 2 aliphatic rings. The normalized spacial score (nSPS) is 18.5. The van der Waals surface area contributed by atoms with Crippen LogP contribution in [-0.4, -0.2) is 34.6 Å². The van der Waals surface area contributed by atoms with Gasteiger partial charge in [0.25, 0.3) is 5.91 Å². The third-order valence-electron chi connectivity index (χ3n) is 6.11. The van der Waals surface area contributed by atoms with E-state index in [9.17, 15) is 4.79 Å². The summed E-state index contributed by atoms with van der Waals surface area (Å²) in [5, 5.41) is 7.11. The molecule has 31 heavy (non-hydrogen) atoms. The predicted molar refractivity (Wildman–Crippen MR) is 124 cm³/mol. The van der Waals surface area contributed by atoms with Gasteiger partial charge < -0.3 is 0 Å². The maximum Gasteiger partial charge on any atom is 0.257 e. The molecule has 0 N–H and O–H groups in total. The minimum Gasteiger partial charge on any atom is -0.290 e. The molecule has 3 aromatic carbocycles. The lowest BCUT2D eigenvalue weighted by molar-refractivity contribution is -0.134. The Morgan fingerprint density at radius 1 is 0.935 bits per heavy atom. The second-order valence-electron chi connectivity index (χ2n) is 8.12. The van der Waals surface area contributed by atoms with Crippen LogP contribution in [0.4, 0.5) is 0 Å². The largest absolute Gasteiger partial charge is 0.290 e. The summed E-state index contributed by atoms with van der Waals surface area (Å²) in [6, 6.07) is 26.1. The van der Waals surface area contributed by atoms with E-state index in [4.69, 9.17) is 16.7 Å². The molecule has 0 saturated heterocycles. The van der Waals surface area contributed by atoms with E-state index in [1.165, 1.54) is 11.1 Å². The lowest BCUT2D eigenvalue weighted by Crippen LogP contribution is -2.40. The zero-order valence-corrected chi connectivity index (χ0v) is 18.0. The molecule has 4 nitrogen and oxygen atoms in total. The first kappa shape index (κ1) is 20.0. The fourth-order valence-corrected chi connectivity index (χ4v) is 4.75. The minimum atomic E-state index is -0.187. The molecule has 156 valence electrons. The topological polar surface area (TPSA) is 35.9 Å². The van der Waals surface area contributed by atoms with Crippen molar-refractivity contribution in [2.24, 2.45) is 5.10 Å². The van der Waals surface area contributed by atoms with Crippen molar-refractivity contribution in [2.45, 2.75) is 25.4 Å². The van der Waals surface area contributed by atoms with Gasteiger partial charge in [-0.25, -0.2) is 5.01 Å². The van der Waals surface area contributed by atoms with Crippen LogP contribution >= 0.6 is 11.6 Å². The maximum absolute atomic E-state index is 13.4. The average Bonchev–Trinajstić information content (AvgIpc) is 3.25. The molecule has 2 heterocycles. The van der Waals surface area contributed by atoms with E-state index in [1.54, 1.807) is 5.01 Å². The number of carbonyl (C=O) groups is 1. The second-order valence-corrected chi connectivity index (χ2v) is 8.53. The van der Waals surface area contributed by atoms with Crippen LogP contribution in [0.3, 0.4) is 0 Å². The molecule has 3 aromatic rings. The zero-order chi connectivity index (χ0) is 21.2. The quantitative estimate of drug-likeness (QED) is 0.580. The molecule has 0 unspecified atom stereocenters. The standard InChI is InChI=1S/C26H24ClN3O/c27-23-13-7-6-12-22(23)25-16-24(20-9-2-1-3-10-20)28-30(25)26(31)18-29-15-14-19-8-4-5-11-21(19)17-29/h1-13,25H,14-18H2/t25-/m1/s1. The van der Waals surface area contributed by atoms with Gasteiger partial charge >= 0.3 is 0 Å². The minimum absolute atomic E-state index is 0.00947. The second kappa shape index (κ2) is 8.66. The summed E-state index contributed by atoms with van der Waals surface area (Å²) in [4.78, 5) is 15.6. The van der Waals surface area contributed by atoms with E-state index < -0.39 is 0 Å². The number of rotatable bonds is 4. The molecule has 1 atom stereocenters. The van der Waals surface area contributed by atoms with E-state index in [2.05, 4.69) is 29.2 Å². The summed E-state index contributed by atoms with van der Waals surface area (Å²) in [5.41, 5.74) is 5.59. The third-order valence-corrected chi connectivity index (χ3v) is 6.45. The number of amides is 1. The first-order valence-corrected chi connectivity index (χ1v) is 11.1. The average molecular weight is 430 g/mol. The number of carbonyl (C=O) groups excluding carboxylic acids is 1. The van der Waals surface area contributed by atoms with Gasteiger partial charge in [-0.15, -0.1) is 0 Å². The summed E-state index contributed by atoms with van der Waals surface area (Å²) in [6.45, 7) is 2.02. The fourth-order valence-electron chi connectivity index (χ4n) is 4.49. The Hall–Kier alpha value is -2.95. The zero-order valence-electron chi connectivity index (χ0n) is 17.2. The van der Waals surface area contributed by atoms with Crippen molar-refractivity contribution >= 4 is 23.2 Å². The van der Waals surface area contributed by atoms with Crippen molar-refractivity contribution < 1.29 is 4.79 Å². The van der Waals surface area contributed by atoms with Gasteiger partial charge in [-0.05, 0) is 34.7 Å². The number of halogens is 1. The number of hydrazone groups is 1. The molecule has 0 saturated carbocycles. The van der Waals surface area contributed by atoms with E-state index >= 15 is 0 Å². The Bertz CT molecular complexity index is 1130. The molecule has 2 aliphatic heterocycles. The van der Waals surface area contributed by atoms with Gasteiger partial charge in [0.1, 0.15) is 0 Å². The Labute approximate surface area is 187 Å². The van der Waals surface area contributed by atoms with Crippen LogP contribution in [0, 0.1) is 0 Å². The van der Waals surface area contributed by atoms with E-state index in [0.717, 1.165) is 36.3 Å². The Balaban J connectivity index is 1.40. The first-order chi connectivity index (χ1) is 15.2. The van der Waals surface area contributed by atoms with Crippen molar-refractivity contribution in [3.63, 3.8) is 0 Å². The first-order valence-electron chi connectivity index (χ1n) is 10.7. The number of fused-ring (bicyclic) bond motifs is 1. The number of hydrogen-bond acceptors (Lipinski definition) is 3. The van der Waals surface area contributed by atoms with Crippen LogP contribution in [0.25, 0.3) is 0 Å². The fraction of sp³-hybridized carbons (Fsp3) is 0.231. The number of benzene rings is 3. The van der Waals surface area contributed by atoms with Crippen molar-refractivity contribution in [2.75, 3.05) is 13.1 Å². The number of hydrogen-bond donors (Lipinski definition) is 0. The van der Waals surface area contributed by atoms with Gasteiger partial charge in [-0.1, -0.05) is 84.4 Å². The van der Waals surface area contributed by atoms with Gasteiger partial charge in [-0.2, -0.15) is 5.10 Å². The Morgan fingerprint density at radius 2 is 1.65 bits per heavy atom. The lowest BCUT2D eigenvalue weighted by Gasteiger charge is -2.30. The molecule has 0 radical (unpaired) electrons. The van der Waals surface area contributed by atoms with Gasteiger partial charge in [0.05, 0.1) is 18.3 Å². The van der Waals surface area contributed by atoms with E-state index in [1.807, 2.05) is 54.6 Å². The van der Waals surface area contributed by atoms with Crippen LogP contribution in [0.2, 0.25) is 5.02 Å². The molecule has 0 aliphatic carbocycles. The highest BCUT2D eigenvalue weighted by molar-refractivity contribution is 6.31. The summed E-state index contributed by atoms with van der Waals surface area (Å²) < 4.78 is 0. The maximum atomic E-state index is 13.4. The lowest BCUT2D eigenvalue weighted by atomic mass is 9.98. The molecule has 0 fully saturated rings. The number of nitrogens with zero attached hydrogens (tertiary/aromatic N) is 3. The van der Waals surface area contributed by atoms with Gasteiger partial charge in [0, 0.05) is 24.5 Å². The highest BCUT2D eigenvalue weighted by Crippen LogP contribution is 2.36. The monoisotopic (exact) mass is 429 g/mol. The molecule has 0 bridgehead atoms. The van der Waals surface area contributed by atoms with Crippen LogP contribution in [0.5, 0.6) is 0 Å². The van der Waals surface area contributed by atoms with Crippen LogP contribution in [-0.2, 0) is 17.8 Å². The van der Waals surface area contributed by atoms with Gasteiger partial charge in [0.2, 0.25) is 0 Å². The highest BCUT2D eigenvalue weighted by Gasteiger charge is 2.35. The van der Waals surface area contributed by atoms with E-state index in [-0.39, 0.29) is 11.9 Å². The molecule has 0 spiro atoms. The molecular weight excluding hydrogens is 406 g/mol. The van der Waals surface area contributed by atoms with Crippen LogP contribution < -0.4 is 0 Å². The van der Waals surface area contributed by atoms with Gasteiger partial charge in [-0.3, -0.25) is 9.69 Å². The van der Waals surface area contributed by atoms with Gasteiger partial charge in [0.15, 0.2) is 0 Å². The van der Waals surface area contributed by atoms with Crippen LogP contribution in [0.1, 0.15) is 34.7 Å². The Morgan fingerprint density at radius 3 is 2.45 bits per heavy atom. The molecule has 1 amide bonds. The van der Waals surface area contributed by atoms with Crippen molar-refractivity contribution in [1.82, 2.24) is 9.91 Å². The summed E-state index contributed by atoms with van der Waals surface area (Å²) >= 11 is 6.52. The third kappa shape index (κ3) is 4.14. The molecule has 5 rings (SSSR count). The van der Waals surface area contributed by atoms with E-state index in [0.29, 0.717) is 18.0 Å².